The summed E-state index contributed by atoms with van der Waals surface area (Å²) >= 11 is 0. The quantitative estimate of drug-likeness (QED) is 0.329. The lowest BCUT2D eigenvalue weighted by molar-refractivity contribution is -0.143. The molecule has 0 spiro atoms. The van der Waals surface area contributed by atoms with E-state index in [1.807, 2.05) is 93.6 Å². The Bertz CT molecular complexity index is 1140. The van der Waals surface area contributed by atoms with Gasteiger partial charge in [0.2, 0.25) is 5.91 Å². The second-order valence-electron chi connectivity index (χ2n) is 10.0. The maximum absolute atomic E-state index is 13.7. The van der Waals surface area contributed by atoms with E-state index in [1.54, 1.807) is 4.90 Å². The predicted octanol–water partition coefficient (Wildman–Crippen LogP) is 6.05. The molecule has 0 radical (unpaired) electrons. The average molecular weight is 501 g/mol. The fraction of sp³-hybridized carbons (Fsp3) is 0.375. The molecule has 0 fully saturated rings. The number of ether oxygens (including phenoxy) is 1. The molecule has 2 atom stereocenters. The number of carbonyl (C=O) groups excluding carboxylic acids is 2. The summed E-state index contributed by atoms with van der Waals surface area (Å²) in [5, 5.41) is 3.10. The molecular weight excluding hydrogens is 460 g/mol. The van der Waals surface area contributed by atoms with Crippen molar-refractivity contribution in [2.75, 3.05) is 6.61 Å². The minimum Gasteiger partial charge on any atom is -0.484 e. The molecule has 0 heterocycles. The molecule has 0 aliphatic carbocycles. The highest BCUT2D eigenvalue weighted by Gasteiger charge is 2.31. The van der Waals surface area contributed by atoms with Crippen LogP contribution in [0.2, 0.25) is 0 Å². The first kappa shape index (κ1) is 28.0. The van der Waals surface area contributed by atoms with Crippen molar-refractivity contribution in [2.45, 2.75) is 72.0 Å². The number of carbonyl (C=O) groups is 2. The number of nitrogens with zero attached hydrogens (tertiary/aromatic N) is 1. The van der Waals surface area contributed by atoms with E-state index in [0.717, 1.165) is 23.1 Å². The average Bonchev–Trinajstić information content (AvgIpc) is 2.90. The van der Waals surface area contributed by atoms with Gasteiger partial charge >= 0.3 is 0 Å². The lowest BCUT2D eigenvalue weighted by Crippen LogP contribution is -2.53. The molecule has 0 bridgehead atoms. The molecule has 1 N–H and O–H groups in total. The van der Waals surface area contributed by atoms with Crippen LogP contribution in [0.3, 0.4) is 0 Å². The summed E-state index contributed by atoms with van der Waals surface area (Å²) in [6.07, 6.45) is 1.23. The first-order chi connectivity index (χ1) is 17.8. The van der Waals surface area contributed by atoms with Gasteiger partial charge in [-0.15, -0.1) is 0 Å². The van der Waals surface area contributed by atoms with Crippen LogP contribution < -0.4 is 10.1 Å². The van der Waals surface area contributed by atoms with Gasteiger partial charge in [-0.25, -0.2) is 0 Å². The Morgan fingerprint density at radius 2 is 1.57 bits per heavy atom. The number of amides is 2. The largest absolute Gasteiger partial charge is 0.484 e. The van der Waals surface area contributed by atoms with Crippen molar-refractivity contribution in [1.29, 1.82) is 0 Å². The Labute approximate surface area is 221 Å². The number of aryl methyl sites for hydroxylation is 1. The minimum atomic E-state index is -0.670. The van der Waals surface area contributed by atoms with E-state index in [2.05, 4.69) is 25.2 Å². The topological polar surface area (TPSA) is 58.6 Å². The van der Waals surface area contributed by atoms with Gasteiger partial charge in [0.15, 0.2) is 6.61 Å². The number of benzene rings is 3. The molecule has 0 aliphatic rings. The van der Waals surface area contributed by atoms with E-state index in [9.17, 15) is 9.59 Å². The lowest BCUT2D eigenvalue weighted by atomic mass is 10.0. The minimum absolute atomic E-state index is 0.0115. The van der Waals surface area contributed by atoms with E-state index in [1.165, 1.54) is 5.56 Å². The summed E-state index contributed by atoms with van der Waals surface area (Å²) in [5.41, 5.74) is 4.29. The third-order valence-corrected chi connectivity index (χ3v) is 6.62. The molecule has 5 nitrogen and oxygen atoms in total. The van der Waals surface area contributed by atoms with Crippen LogP contribution in [0, 0.1) is 6.92 Å². The monoisotopic (exact) mass is 500 g/mol. The summed E-state index contributed by atoms with van der Waals surface area (Å²) in [5.74, 6) is 0.676. The van der Waals surface area contributed by atoms with Crippen LogP contribution in [0.4, 0.5) is 0 Å². The van der Waals surface area contributed by atoms with Gasteiger partial charge in [0.25, 0.3) is 5.91 Å². The Hall–Kier alpha value is -3.60. The highest BCUT2D eigenvalue weighted by molar-refractivity contribution is 5.88. The molecule has 0 unspecified atom stereocenters. The maximum Gasteiger partial charge on any atom is 0.261 e. The van der Waals surface area contributed by atoms with Crippen molar-refractivity contribution < 1.29 is 14.3 Å². The third-order valence-electron chi connectivity index (χ3n) is 6.62. The maximum atomic E-state index is 13.7. The molecule has 0 saturated carbocycles. The molecule has 37 heavy (non-hydrogen) atoms. The Morgan fingerprint density at radius 1 is 0.892 bits per heavy atom. The van der Waals surface area contributed by atoms with Gasteiger partial charge in [0.05, 0.1) is 0 Å². The highest BCUT2D eigenvalue weighted by atomic mass is 16.5. The molecule has 0 saturated heterocycles. The predicted molar refractivity (Wildman–Crippen MR) is 150 cm³/mol. The van der Waals surface area contributed by atoms with Gasteiger partial charge in [-0.3, -0.25) is 9.59 Å². The molecule has 196 valence electrons. The second-order valence-corrected chi connectivity index (χ2v) is 10.0. The van der Waals surface area contributed by atoms with Crippen LogP contribution in [0.1, 0.15) is 62.3 Å². The zero-order chi connectivity index (χ0) is 26.8. The second kappa shape index (κ2) is 13.6. The van der Waals surface area contributed by atoms with Crippen LogP contribution in [0.5, 0.6) is 5.75 Å². The summed E-state index contributed by atoms with van der Waals surface area (Å²) in [6.45, 7) is 10.5. The normalized spacial score (nSPS) is 12.6. The van der Waals surface area contributed by atoms with E-state index < -0.39 is 6.04 Å². The van der Waals surface area contributed by atoms with Gasteiger partial charge in [-0.1, -0.05) is 93.1 Å². The van der Waals surface area contributed by atoms with Crippen molar-refractivity contribution in [3.63, 3.8) is 0 Å². The van der Waals surface area contributed by atoms with Gasteiger partial charge in [-0.05, 0) is 55.0 Å². The SMILES string of the molecule is CC[C@H](C)NC(=O)[C@H](Cc1ccccc1)N(Cc1cccc(C)c1)C(=O)COc1ccc(C(C)C)cc1. The Kier molecular flexibility index (Phi) is 10.3. The first-order valence-corrected chi connectivity index (χ1v) is 13.2. The molecule has 3 rings (SSSR count). The first-order valence-electron chi connectivity index (χ1n) is 13.2. The summed E-state index contributed by atoms with van der Waals surface area (Å²) in [4.78, 5) is 28.9. The molecule has 0 aliphatic heterocycles. The summed E-state index contributed by atoms with van der Waals surface area (Å²) < 4.78 is 5.90. The zero-order valence-electron chi connectivity index (χ0n) is 22.7. The molecular formula is C32H40N2O3. The zero-order valence-corrected chi connectivity index (χ0v) is 22.7. The van der Waals surface area contributed by atoms with Gasteiger partial charge in [-0.2, -0.15) is 0 Å². The van der Waals surface area contributed by atoms with Crippen LogP contribution in [0.25, 0.3) is 0 Å². The molecule has 5 heteroatoms. The van der Waals surface area contributed by atoms with Gasteiger partial charge in [0.1, 0.15) is 11.8 Å². The van der Waals surface area contributed by atoms with E-state index >= 15 is 0 Å². The highest BCUT2D eigenvalue weighted by Crippen LogP contribution is 2.20. The van der Waals surface area contributed by atoms with Crippen LogP contribution in [-0.2, 0) is 22.6 Å². The van der Waals surface area contributed by atoms with E-state index in [0.29, 0.717) is 24.6 Å². The van der Waals surface area contributed by atoms with Gasteiger partial charge in [0, 0.05) is 19.0 Å². The van der Waals surface area contributed by atoms with Crippen LogP contribution in [0.15, 0.2) is 78.9 Å². The molecule has 0 aromatic heterocycles. The third kappa shape index (κ3) is 8.49. The van der Waals surface area contributed by atoms with Crippen molar-refractivity contribution in [3.8, 4) is 5.75 Å². The van der Waals surface area contributed by atoms with Gasteiger partial charge < -0.3 is 15.0 Å². The smallest absolute Gasteiger partial charge is 0.261 e. The summed E-state index contributed by atoms with van der Waals surface area (Å²) in [6, 6.07) is 25.1. The van der Waals surface area contributed by atoms with Crippen molar-refractivity contribution >= 4 is 11.8 Å². The fourth-order valence-electron chi connectivity index (χ4n) is 4.18. The Balaban J connectivity index is 1.89. The number of hydrogen-bond acceptors (Lipinski definition) is 3. The van der Waals surface area contributed by atoms with E-state index in [-0.39, 0.29) is 24.5 Å². The van der Waals surface area contributed by atoms with Crippen molar-refractivity contribution in [2.24, 2.45) is 0 Å². The van der Waals surface area contributed by atoms with Crippen molar-refractivity contribution in [3.05, 3.63) is 101 Å². The van der Waals surface area contributed by atoms with Crippen LogP contribution in [-0.4, -0.2) is 35.4 Å². The molecule has 3 aromatic rings. The molecule has 3 aromatic carbocycles. The number of hydrogen-bond donors (Lipinski definition) is 1. The van der Waals surface area contributed by atoms with E-state index in [4.69, 9.17) is 4.74 Å². The van der Waals surface area contributed by atoms with Crippen molar-refractivity contribution in [1.82, 2.24) is 10.2 Å². The Morgan fingerprint density at radius 3 is 2.19 bits per heavy atom. The number of rotatable bonds is 12. The summed E-state index contributed by atoms with van der Waals surface area (Å²) in [7, 11) is 0. The van der Waals surface area contributed by atoms with Crippen LogP contribution >= 0.6 is 0 Å². The standard InChI is InChI=1S/C32H40N2O3/c1-6-25(5)33-32(36)30(20-26-12-8-7-9-13-26)34(21-27-14-10-11-24(4)19-27)31(35)22-37-29-17-15-28(16-18-29)23(2)3/h7-19,23,25,30H,6,20-22H2,1-5H3,(H,33,36)/t25-,30-/m0/s1. The fourth-order valence-corrected chi connectivity index (χ4v) is 4.18. The number of nitrogens with one attached hydrogen (secondary N) is 1. The molecule has 2 amide bonds. The lowest BCUT2D eigenvalue weighted by Gasteiger charge is -2.32.